The van der Waals surface area contributed by atoms with Crippen LogP contribution in [0, 0.1) is 0 Å². The summed E-state index contributed by atoms with van der Waals surface area (Å²) in [5, 5.41) is 8.77. The molecule has 1 aromatic carbocycles. The summed E-state index contributed by atoms with van der Waals surface area (Å²) in [5.41, 5.74) is -0.772. The van der Waals surface area contributed by atoms with Gasteiger partial charge in [0.05, 0.1) is 12.2 Å². The Morgan fingerprint density at radius 2 is 1.90 bits per heavy atom. The molecular weight excluding hydrogens is 275 g/mol. The van der Waals surface area contributed by atoms with E-state index in [0.717, 1.165) is 12.1 Å². The molecule has 0 aromatic heterocycles. The molecule has 0 aliphatic heterocycles. The van der Waals surface area contributed by atoms with E-state index in [0.29, 0.717) is 6.54 Å². The van der Waals surface area contributed by atoms with Crippen molar-refractivity contribution in [3.63, 3.8) is 0 Å². The van der Waals surface area contributed by atoms with E-state index in [4.69, 9.17) is 9.84 Å². The van der Waals surface area contributed by atoms with Gasteiger partial charge in [0.2, 0.25) is 0 Å². The Kier molecular flexibility index (Phi) is 5.82. The van der Waals surface area contributed by atoms with Gasteiger partial charge >= 0.3 is 6.18 Å². The standard InChI is InChI=1S/C13H16F3NO3/c1-2-17(7-8-18)12(19)9-20-11-5-3-10(4-6-11)13(14,15)16/h3-6,18H,2,7-9H2,1H3. The third-order valence-corrected chi connectivity index (χ3v) is 2.65. The van der Waals surface area contributed by atoms with Crippen LogP contribution in [0.5, 0.6) is 5.75 Å². The maximum absolute atomic E-state index is 12.3. The highest BCUT2D eigenvalue weighted by atomic mass is 19.4. The molecule has 112 valence electrons. The molecule has 4 nitrogen and oxygen atoms in total. The summed E-state index contributed by atoms with van der Waals surface area (Å²) in [6.07, 6.45) is -4.39. The molecule has 1 aromatic rings. The number of alkyl halides is 3. The molecular formula is C13H16F3NO3. The number of carbonyl (C=O) groups excluding carboxylic acids is 1. The largest absolute Gasteiger partial charge is 0.484 e. The van der Waals surface area contributed by atoms with Gasteiger partial charge in [-0.15, -0.1) is 0 Å². The normalized spacial score (nSPS) is 11.2. The molecule has 1 rings (SSSR count). The molecule has 0 fully saturated rings. The van der Waals surface area contributed by atoms with Crippen molar-refractivity contribution in [2.75, 3.05) is 26.3 Å². The van der Waals surface area contributed by atoms with Gasteiger partial charge in [0, 0.05) is 13.1 Å². The molecule has 7 heteroatoms. The first-order valence-electron chi connectivity index (χ1n) is 6.07. The first-order chi connectivity index (χ1) is 9.38. The van der Waals surface area contributed by atoms with E-state index in [2.05, 4.69) is 0 Å². The van der Waals surface area contributed by atoms with Crippen molar-refractivity contribution < 1.29 is 27.8 Å². The minimum absolute atomic E-state index is 0.153. The maximum atomic E-state index is 12.3. The van der Waals surface area contributed by atoms with Crippen molar-refractivity contribution in [3.8, 4) is 5.75 Å². The summed E-state index contributed by atoms with van der Waals surface area (Å²) in [6, 6.07) is 4.12. The van der Waals surface area contributed by atoms with Gasteiger partial charge in [-0.2, -0.15) is 13.2 Å². The van der Waals surface area contributed by atoms with Crippen molar-refractivity contribution in [1.29, 1.82) is 0 Å². The molecule has 20 heavy (non-hydrogen) atoms. The molecule has 0 aliphatic carbocycles. The third-order valence-electron chi connectivity index (χ3n) is 2.65. The fourth-order valence-electron chi connectivity index (χ4n) is 1.56. The number of ether oxygens (including phenoxy) is 1. The van der Waals surface area contributed by atoms with Crippen LogP contribution in [0.1, 0.15) is 12.5 Å². The predicted octanol–water partition coefficient (Wildman–Crippen LogP) is 1.92. The van der Waals surface area contributed by atoms with Gasteiger partial charge < -0.3 is 14.7 Å². The number of nitrogens with zero attached hydrogens (tertiary/aromatic N) is 1. The second-order valence-electron chi connectivity index (χ2n) is 4.01. The van der Waals surface area contributed by atoms with Crippen LogP contribution in [0.3, 0.4) is 0 Å². The topological polar surface area (TPSA) is 49.8 Å². The number of hydrogen-bond acceptors (Lipinski definition) is 3. The van der Waals surface area contributed by atoms with Crippen molar-refractivity contribution in [2.45, 2.75) is 13.1 Å². The van der Waals surface area contributed by atoms with Crippen LogP contribution in [0.25, 0.3) is 0 Å². The van der Waals surface area contributed by atoms with Gasteiger partial charge in [0.15, 0.2) is 6.61 Å². The predicted molar refractivity (Wildman–Crippen MR) is 66.3 cm³/mol. The minimum Gasteiger partial charge on any atom is -0.484 e. The van der Waals surface area contributed by atoms with E-state index < -0.39 is 11.7 Å². The van der Waals surface area contributed by atoms with Crippen LogP contribution < -0.4 is 4.74 Å². The van der Waals surface area contributed by atoms with E-state index in [-0.39, 0.29) is 31.4 Å². The van der Waals surface area contributed by atoms with E-state index in [1.165, 1.54) is 17.0 Å². The Labute approximate surface area is 114 Å². The van der Waals surface area contributed by atoms with Crippen LogP contribution in [0.4, 0.5) is 13.2 Å². The zero-order valence-corrected chi connectivity index (χ0v) is 11.0. The average Bonchev–Trinajstić information content (AvgIpc) is 2.41. The van der Waals surface area contributed by atoms with Gasteiger partial charge in [0.25, 0.3) is 5.91 Å². The SMILES string of the molecule is CCN(CCO)C(=O)COc1ccc(C(F)(F)F)cc1. The van der Waals surface area contributed by atoms with Crippen LogP contribution >= 0.6 is 0 Å². The highest BCUT2D eigenvalue weighted by Gasteiger charge is 2.30. The zero-order valence-electron chi connectivity index (χ0n) is 11.0. The summed E-state index contributed by atoms with van der Waals surface area (Å²) in [4.78, 5) is 13.1. The third kappa shape index (κ3) is 4.73. The number of likely N-dealkylation sites (N-methyl/N-ethyl adjacent to an activating group) is 1. The summed E-state index contributed by atoms with van der Waals surface area (Å²) in [5.74, 6) is -0.146. The smallest absolute Gasteiger partial charge is 0.416 e. The van der Waals surface area contributed by atoms with E-state index in [1.807, 2.05) is 0 Å². The van der Waals surface area contributed by atoms with Crippen molar-refractivity contribution in [2.24, 2.45) is 0 Å². The van der Waals surface area contributed by atoms with Crippen LogP contribution in [0.2, 0.25) is 0 Å². The minimum atomic E-state index is -4.39. The Bertz CT molecular complexity index is 431. The van der Waals surface area contributed by atoms with E-state index >= 15 is 0 Å². The molecule has 1 N–H and O–H groups in total. The molecule has 1 amide bonds. The Hall–Kier alpha value is -1.76. The number of halogens is 3. The van der Waals surface area contributed by atoms with Gasteiger partial charge in [-0.3, -0.25) is 4.79 Å². The summed E-state index contributed by atoms with van der Waals surface area (Å²) < 4.78 is 42.2. The molecule has 0 spiro atoms. The number of rotatable bonds is 6. The van der Waals surface area contributed by atoms with Gasteiger partial charge in [-0.05, 0) is 31.2 Å². The Morgan fingerprint density at radius 1 is 1.30 bits per heavy atom. The number of aliphatic hydroxyl groups is 1. The van der Waals surface area contributed by atoms with Gasteiger partial charge in [-0.1, -0.05) is 0 Å². The lowest BCUT2D eigenvalue weighted by Crippen LogP contribution is -2.36. The fraction of sp³-hybridized carbons (Fsp3) is 0.462. The number of hydrogen-bond donors (Lipinski definition) is 1. The molecule has 0 unspecified atom stereocenters. The summed E-state index contributed by atoms with van der Waals surface area (Å²) in [6.45, 7) is 1.95. The molecule has 0 aliphatic rings. The number of carbonyl (C=O) groups is 1. The number of aliphatic hydroxyl groups excluding tert-OH is 1. The molecule has 0 radical (unpaired) electrons. The first kappa shape index (κ1) is 16.3. The average molecular weight is 291 g/mol. The van der Waals surface area contributed by atoms with Crippen molar-refractivity contribution in [3.05, 3.63) is 29.8 Å². The van der Waals surface area contributed by atoms with Crippen LogP contribution in [-0.4, -0.2) is 42.2 Å². The molecule has 0 bridgehead atoms. The van der Waals surface area contributed by atoms with E-state index in [9.17, 15) is 18.0 Å². The number of amides is 1. The summed E-state index contributed by atoms with van der Waals surface area (Å²) >= 11 is 0. The quantitative estimate of drug-likeness (QED) is 0.871. The Balaban J connectivity index is 2.55. The van der Waals surface area contributed by atoms with Crippen molar-refractivity contribution >= 4 is 5.91 Å². The maximum Gasteiger partial charge on any atom is 0.416 e. The van der Waals surface area contributed by atoms with Gasteiger partial charge in [-0.25, -0.2) is 0 Å². The second-order valence-corrected chi connectivity index (χ2v) is 4.01. The lowest BCUT2D eigenvalue weighted by molar-refractivity contribution is -0.137. The lowest BCUT2D eigenvalue weighted by atomic mass is 10.2. The van der Waals surface area contributed by atoms with Crippen molar-refractivity contribution in [1.82, 2.24) is 4.90 Å². The lowest BCUT2D eigenvalue weighted by Gasteiger charge is -2.19. The first-order valence-corrected chi connectivity index (χ1v) is 6.07. The Morgan fingerprint density at radius 3 is 2.35 bits per heavy atom. The molecule has 0 saturated heterocycles. The monoisotopic (exact) mass is 291 g/mol. The van der Waals surface area contributed by atoms with Crippen LogP contribution in [0.15, 0.2) is 24.3 Å². The fourth-order valence-corrected chi connectivity index (χ4v) is 1.56. The second kappa shape index (κ2) is 7.14. The number of benzene rings is 1. The zero-order chi connectivity index (χ0) is 15.2. The summed E-state index contributed by atoms with van der Waals surface area (Å²) in [7, 11) is 0. The highest BCUT2D eigenvalue weighted by Crippen LogP contribution is 2.30. The highest BCUT2D eigenvalue weighted by molar-refractivity contribution is 5.77. The van der Waals surface area contributed by atoms with E-state index in [1.54, 1.807) is 6.92 Å². The molecule has 0 saturated carbocycles. The van der Waals surface area contributed by atoms with Crippen LogP contribution in [-0.2, 0) is 11.0 Å². The molecule has 0 heterocycles. The van der Waals surface area contributed by atoms with Gasteiger partial charge in [0.1, 0.15) is 5.75 Å². The molecule has 0 atom stereocenters.